The first-order chi connectivity index (χ1) is 8.00. The number of nitrogen functional groups attached to an aromatic ring is 1. The first-order valence-corrected chi connectivity index (χ1v) is 5.14. The summed E-state index contributed by atoms with van der Waals surface area (Å²) in [6, 6.07) is 7.29. The van der Waals surface area contributed by atoms with Crippen LogP contribution in [0.15, 0.2) is 24.3 Å². The van der Waals surface area contributed by atoms with Gasteiger partial charge in [-0.05, 0) is 18.1 Å². The molecule has 2 rings (SSSR count). The number of aromatic nitrogens is 1. The summed E-state index contributed by atoms with van der Waals surface area (Å²) in [5.41, 5.74) is 14.5. The predicted molar refractivity (Wildman–Crippen MR) is 69.3 cm³/mol. The maximum absolute atomic E-state index is 11.2. The molecule has 2 radical (unpaired) electrons. The first kappa shape index (κ1) is 11.3. The standard InChI is InChI=1S/C12H12BN3O/c1-6-9(12(15)17)11(14)16-10(6)7-2-4-8(13)5-3-7/h2-5,16H,14H2,1H3,(H2,15,17). The molecule has 17 heavy (non-hydrogen) atoms. The minimum atomic E-state index is -0.530. The molecule has 0 unspecified atom stereocenters. The van der Waals surface area contributed by atoms with E-state index in [2.05, 4.69) is 4.98 Å². The summed E-state index contributed by atoms with van der Waals surface area (Å²) in [5, 5.41) is 0. The van der Waals surface area contributed by atoms with Gasteiger partial charge in [-0.1, -0.05) is 29.7 Å². The van der Waals surface area contributed by atoms with Crippen LogP contribution in [0.25, 0.3) is 11.3 Å². The number of carbonyl (C=O) groups is 1. The van der Waals surface area contributed by atoms with Crippen molar-refractivity contribution < 1.29 is 4.79 Å². The zero-order chi connectivity index (χ0) is 12.6. The Morgan fingerprint density at radius 2 is 1.88 bits per heavy atom. The first-order valence-electron chi connectivity index (χ1n) is 5.14. The average Bonchev–Trinajstić information content (AvgIpc) is 2.55. The van der Waals surface area contributed by atoms with Crippen molar-refractivity contribution in [2.24, 2.45) is 5.73 Å². The lowest BCUT2D eigenvalue weighted by Gasteiger charge is -2.01. The van der Waals surface area contributed by atoms with Crippen LogP contribution in [-0.4, -0.2) is 18.7 Å². The predicted octanol–water partition coefficient (Wildman–Crippen LogP) is 0.465. The molecule has 1 aromatic heterocycles. The second-order valence-electron chi connectivity index (χ2n) is 3.90. The van der Waals surface area contributed by atoms with E-state index in [4.69, 9.17) is 19.3 Å². The molecule has 0 spiro atoms. The number of carbonyl (C=O) groups excluding carboxylic acids is 1. The van der Waals surface area contributed by atoms with E-state index in [0.717, 1.165) is 16.8 Å². The monoisotopic (exact) mass is 225 g/mol. The largest absolute Gasteiger partial charge is 0.385 e. The molecule has 5 heteroatoms. The number of anilines is 1. The van der Waals surface area contributed by atoms with E-state index in [9.17, 15) is 4.79 Å². The molecular formula is C12H12BN3O. The second-order valence-corrected chi connectivity index (χ2v) is 3.90. The van der Waals surface area contributed by atoms with Gasteiger partial charge in [-0.3, -0.25) is 4.79 Å². The van der Waals surface area contributed by atoms with Gasteiger partial charge < -0.3 is 16.5 Å². The maximum Gasteiger partial charge on any atom is 0.252 e. The average molecular weight is 225 g/mol. The van der Waals surface area contributed by atoms with Gasteiger partial charge >= 0.3 is 0 Å². The van der Waals surface area contributed by atoms with Crippen molar-refractivity contribution in [3.8, 4) is 11.3 Å². The molecule has 0 saturated carbocycles. The van der Waals surface area contributed by atoms with E-state index >= 15 is 0 Å². The number of aromatic amines is 1. The Morgan fingerprint density at radius 1 is 1.29 bits per heavy atom. The Kier molecular flexibility index (Phi) is 2.67. The van der Waals surface area contributed by atoms with Crippen LogP contribution in [0.5, 0.6) is 0 Å². The molecular weight excluding hydrogens is 213 g/mol. The third kappa shape index (κ3) is 1.91. The molecule has 84 valence electrons. The van der Waals surface area contributed by atoms with Crippen LogP contribution in [0.4, 0.5) is 5.82 Å². The fourth-order valence-corrected chi connectivity index (χ4v) is 1.87. The van der Waals surface area contributed by atoms with Crippen molar-refractivity contribution >= 4 is 25.0 Å². The minimum Gasteiger partial charge on any atom is -0.385 e. The van der Waals surface area contributed by atoms with E-state index < -0.39 is 5.91 Å². The number of amides is 1. The van der Waals surface area contributed by atoms with Crippen molar-refractivity contribution in [3.05, 3.63) is 35.4 Å². The van der Waals surface area contributed by atoms with Gasteiger partial charge in [0.25, 0.3) is 5.91 Å². The quantitative estimate of drug-likeness (QED) is 0.648. The van der Waals surface area contributed by atoms with Crippen LogP contribution in [0.3, 0.4) is 0 Å². The molecule has 0 aliphatic carbocycles. The number of H-pyrrole nitrogens is 1. The summed E-state index contributed by atoms with van der Waals surface area (Å²) in [4.78, 5) is 14.2. The van der Waals surface area contributed by atoms with Gasteiger partial charge in [0.2, 0.25) is 0 Å². The van der Waals surface area contributed by atoms with Gasteiger partial charge in [-0.15, -0.1) is 0 Å². The minimum absolute atomic E-state index is 0.293. The highest BCUT2D eigenvalue weighted by atomic mass is 16.1. The van der Waals surface area contributed by atoms with Crippen LogP contribution in [0.1, 0.15) is 15.9 Å². The summed E-state index contributed by atoms with van der Waals surface area (Å²) >= 11 is 0. The Morgan fingerprint density at radius 3 is 2.35 bits per heavy atom. The lowest BCUT2D eigenvalue weighted by molar-refractivity contribution is 0.100. The molecule has 1 aromatic carbocycles. The molecule has 2 aromatic rings. The topological polar surface area (TPSA) is 84.9 Å². The van der Waals surface area contributed by atoms with E-state index in [1.807, 2.05) is 12.1 Å². The van der Waals surface area contributed by atoms with Crippen LogP contribution >= 0.6 is 0 Å². The van der Waals surface area contributed by atoms with Crippen LogP contribution in [0, 0.1) is 6.92 Å². The number of primary amides is 1. The van der Waals surface area contributed by atoms with Gasteiger partial charge in [0.05, 0.1) is 11.3 Å². The van der Waals surface area contributed by atoms with Crippen molar-refractivity contribution in [1.29, 1.82) is 0 Å². The fraction of sp³-hybridized carbons (Fsp3) is 0.0833. The molecule has 0 saturated heterocycles. The van der Waals surface area contributed by atoms with Gasteiger partial charge in [0.1, 0.15) is 13.7 Å². The highest BCUT2D eigenvalue weighted by Gasteiger charge is 2.17. The molecule has 5 N–H and O–H groups in total. The van der Waals surface area contributed by atoms with Crippen molar-refractivity contribution in [2.45, 2.75) is 6.92 Å². The molecule has 4 nitrogen and oxygen atoms in total. The molecule has 1 amide bonds. The molecule has 0 aliphatic heterocycles. The van der Waals surface area contributed by atoms with Crippen LogP contribution in [0.2, 0.25) is 0 Å². The van der Waals surface area contributed by atoms with Crippen LogP contribution in [-0.2, 0) is 0 Å². The Labute approximate surface area is 100 Å². The number of nitrogens with two attached hydrogens (primary N) is 2. The number of hydrogen-bond donors (Lipinski definition) is 3. The summed E-state index contributed by atoms with van der Waals surface area (Å²) < 4.78 is 0. The van der Waals surface area contributed by atoms with Crippen molar-refractivity contribution in [3.63, 3.8) is 0 Å². The number of hydrogen-bond acceptors (Lipinski definition) is 2. The number of nitrogens with one attached hydrogen (secondary N) is 1. The Hall–Kier alpha value is -2.17. The van der Waals surface area contributed by atoms with Crippen molar-refractivity contribution in [1.82, 2.24) is 4.98 Å². The lowest BCUT2D eigenvalue weighted by Crippen LogP contribution is -2.13. The third-order valence-corrected chi connectivity index (χ3v) is 2.72. The van der Waals surface area contributed by atoms with Gasteiger partial charge in [-0.2, -0.15) is 0 Å². The van der Waals surface area contributed by atoms with E-state index in [-0.39, 0.29) is 0 Å². The lowest BCUT2D eigenvalue weighted by atomic mass is 9.94. The highest BCUT2D eigenvalue weighted by Crippen LogP contribution is 2.28. The van der Waals surface area contributed by atoms with Crippen LogP contribution < -0.4 is 16.9 Å². The van der Waals surface area contributed by atoms with Gasteiger partial charge in [0, 0.05) is 0 Å². The number of rotatable bonds is 2. The van der Waals surface area contributed by atoms with E-state index in [1.54, 1.807) is 19.1 Å². The molecule has 0 aliphatic rings. The normalized spacial score (nSPS) is 10.4. The molecule has 0 fully saturated rings. The zero-order valence-corrected chi connectivity index (χ0v) is 9.45. The summed E-state index contributed by atoms with van der Waals surface area (Å²) in [6.45, 7) is 1.80. The Balaban J connectivity index is 2.57. The van der Waals surface area contributed by atoms with Crippen molar-refractivity contribution in [2.75, 3.05) is 5.73 Å². The van der Waals surface area contributed by atoms with Gasteiger partial charge in [0.15, 0.2) is 0 Å². The zero-order valence-electron chi connectivity index (χ0n) is 9.45. The van der Waals surface area contributed by atoms with E-state index in [1.165, 1.54) is 0 Å². The SMILES string of the molecule is [B]c1ccc(-c2[nH]c(N)c(C(N)=O)c2C)cc1. The second kappa shape index (κ2) is 4.01. The number of benzene rings is 1. The molecule has 0 atom stereocenters. The third-order valence-electron chi connectivity index (χ3n) is 2.72. The molecule has 0 bridgehead atoms. The molecule has 1 heterocycles. The fourth-order valence-electron chi connectivity index (χ4n) is 1.87. The maximum atomic E-state index is 11.2. The van der Waals surface area contributed by atoms with E-state index in [0.29, 0.717) is 16.8 Å². The Bertz CT molecular complexity index is 572. The highest BCUT2D eigenvalue weighted by molar-refractivity contribution is 6.32. The smallest absolute Gasteiger partial charge is 0.252 e. The van der Waals surface area contributed by atoms with Gasteiger partial charge in [-0.25, -0.2) is 0 Å². The summed E-state index contributed by atoms with van der Waals surface area (Å²) in [5.74, 6) is -0.236. The summed E-state index contributed by atoms with van der Waals surface area (Å²) in [6.07, 6.45) is 0. The summed E-state index contributed by atoms with van der Waals surface area (Å²) in [7, 11) is 5.62.